The van der Waals surface area contributed by atoms with E-state index < -0.39 is 0 Å². The molecule has 14 heavy (non-hydrogen) atoms. The van der Waals surface area contributed by atoms with Crippen LogP contribution >= 0.6 is 0 Å². The van der Waals surface area contributed by atoms with Gasteiger partial charge in [0.15, 0.2) is 0 Å². The van der Waals surface area contributed by atoms with E-state index in [2.05, 4.69) is 38.2 Å². The third-order valence-electron chi connectivity index (χ3n) is 2.41. The van der Waals surface area contributed by atoms with Gasteiger partial charge in [-0.15, -0.1) is 0 Å². The molecule has 0 amide bonds. The maximum absolute atomic E-state index is 2.27. The van der Waals surface area contributed by atoms with Crippen molar-refractivity contribution in [2.75, 3.05) is 0 Å². The molecule has 0 heteroatoms. The Morgan fingerprint density at radius 1 is 0.786 bits per heavy atom. The molecule has 0 aromatic rings. The molecule has 0 bridgehead atoms. The van der Waals surface area contributed by atoms with Crippen molar-refractivity contribution >= 4 is 0 Å². The Morgan fingerprint density at radius 2 is 1.43 bits per heavy atom. The zero-order valence-electron chi connectivity index (χ0n) is 9.97. The summed E-state index contributed by atoms with van der Waals surface area (Å²) < 4.78 is 0. The Labute approximate surface area is 90.1 Å². The van der Waals surface area contributed by atoms with Gasteiger partial charge in [0, 0.05) is 0 Å². The summed E-state index contributed by atoms with van der Waals surface area (Å²) in [7, 11) is 0. The Morgan fingerprint density at radius 3 is 2.07 bits per heavy atom. The lowest BCUT2D eigenvalue weighted by Gasteiger charge is -1.98. The normalized spacial score (nSPS) is 11.9. The van der Waals surface area contributed by atoms with Crippen molar-refractivity contribution in [1.29, 1.82) is 0 Å². The molecule has 82 valence electrons. The SMILES string of the molecule is C/C=C\C=C/CCCCCCCCC. The molecule has 0 aromatic heterocycles. The van der Waals surface area contributed by atoms with Gasteiger partial charge in [-0.05, 0) is 19.8 Å². The number of rotatable bonds is 9. The van der Waals surface area contributed by atoms with E-state index in [1.807, 2.05) is 0 Å². The van der Waals surface area contributed by atoms with Crippen LogP contribution in [0.2, 0.25) is 0 Å². The summed E-state index contributed by atoms with van der Waals surface area (Å²) in [5.74, 6) is 0. The Balaban J connectivity index is 2.98. The van der Waals surface area contributed by atoms with Gasteiger partial charge in [0.25, 0.3) is 0 Å². The first-order chi connectivity index (χ1) is 6.91. The van der Waals surface area contributed by atoms with Crippen LogP contribution in [0, 0.1) is 0 Å². The zero-order valence-corrected chi connectivity index (χ0v) is 9.97. The predicted molar refractivity (Wildman–Crippen MR) is 66.6 cm³/mol. The van der Waals surface area contributed by atoms with E-state index in [9.17, 15) is 0 Å². The molecule has 0 aliphatic heterocycles. The van der Waals surface area contributed by atoms with Crippen LogP contribution in [-0.2, 0) is 0 Å². The fourth-order valence-electron chi connectivity index (χ4n) is 1.51. The van der Waals surface area contributed by atoms with Gasteiger partial charge in [0.1, 0.15) is 0 Å². The molecule has 0 N–H and O–H groups in total. The largest absolute Gasteiger partial charge is 0.0877 e. The van der Waals surface area contributed by atoms with Crippen LogP contribution < -0.4 is 0 Å². The third kappa shape index (κ3) is 11.5. The highest BCUT2D eigenvalue weighted by atomic mass is 13.9. The Bertz CT molecular complexity index is 142. The minimum atomic E-state index is 1.25. The van der Waals surface area contributed by atoms with E-state index in [1.165, 1.54) is 51.4 Å². The lowest BCUT2D eigenvalue weighted by molar-refractivity contribution is 0.592. The van der Waals surface area contributed by atoms with E-state index in [-0.39, 0.29) is 0 Å². The molecule has 0 atom stereocenters. The monoisotopic (exact) mass is 194 g/mol. The molecule has 0 saturated heterocycles. The van der Waals surface area contributed by atoms with Crippen molar-refractivity contribution in [2.45, 2.75) is 65.2 Å². The van der Waals surface area contributed by atoms with E-state index in [4.69, 9.17) is 0 Å². The maximum Gasteiger partial charge on any atom is -0.0348 e. The van der Waals surface area contributed by atoms with Crippen LogP contribution in [0.25, 0.3) is 0 Å². The molecule has 0 rings (SSSR count). The first-order valence-electron chi connectivity index (χ1n) is 6.19. The molecule has 0 nitrogen and oxygen atoms in total. The molecule has 0 aliphatic carbocycles. The second kappa shape index (κ2) is 12.5. The van der Waals surface area contributed by atoms with Gasteiger partial charge in [0.2, 0.25) is 0 Å². The molecule has 0 unspecified atom stereocenters. The van der Waals surface area contributed by atoms with Crippen LogP contribution in [-0.4, -0.2) is 0 Å². The van der Waals surface area contributed by atoms with Crippen molar-refractivity contribution in [3.05, 3.63) is 24.3 Å². The second-order valence-electron chi connectivity index (χ2n) is 3.86. The highest BCUT2D eigenvalue weighted by Crippen LogP contribution is 2.08. The number of unbranched alkanes of at least 4 members (excludes halogenated alkanes) is 7. The van der Waals surface area contributed by atoms with Gasteiger partial charge < -0.3 is 0 Å². The van der Waals surface area contributed by atoms with Crippen LogP contribution in [0.15, 0.2) is 24.3 Å². The minimum absolute atomic E-state index is 1.25. The van der Waals surface area contributed by atoms with Crippen LogP contribution in [0.5, 0.6) is 0 Å². The zero-order chi connectivity index (χ0) is 10.5. The van der Waals surface area contributed by atoms with Crippen molar-refractivity contribution in [1.82, 2.24) is 0 Å². The fraction of sp³-hybridized carbons (Fsp3) is 0.714. The van der Waals surface area contributed by atoms with Crippen LogP contribution in [0.1, 0.15) is 65.2 Å². The van der Waals surface area contributed by atoms with Gasteiger partial charge in [-0.2, -0.15) is 0 Å². The van der Waals surface area contributed by atoms with Crippen molar-refractivity contribution in [2.24, 2.45) is 0 Å². The molecule has 0 heterocycles. The molecule has 0 aliphatic rings. The predicted octanol–water partition coefficient (Wildman–Crippen LogP) is 5.26. The van der Waals surface area contributed by atoms with Gasteiger partial charge in [-0.25, -0.2) is 0 Å². The highest BCUT2D eigenvalue weighted by Gasteiger charge is 1.88. The van der Waals surface area contributed by atoms with Crippen molar-refractivity contribution in [3.8, 4) is 0 Å². The fourth-order valence-corrected chi connectivity index (χ4v) is 1.51. The third-order valence-corrected chi connectivity index (χ3v) is 2.41. The van der Waals surface area contributed by atoms with E-state index >= 15 is 0 Å². The van der Waals surface area contributed by atoms with Gasteiger partial charge in [-0.3, -0.25) is 0 Å². The summed E-state index contributed by atoms with van der Waals surface area (Å²) in [6.45, 7) is 4.32. The number of allylic oxidation sites excluding steroid dienone is 4. The molecule has 0 fully saturated rings. The first kappa shape index (κ1) is 13.5. The van der Waals surface area contributed by atoms with Crippen LogP contribution in [0.3, 0.4) is 0 Å². The highest BCUT2D eigenvalue weighted by molar-refractivity contribution is 5.00. The van der Waals surface area contributed by atoms with E-state index in [1.54, 1.807) is 0 Å². The quantitative estimate of drug-likeness (QED) is 0.347. The number of hydrogen-bond donors (Lipinski definition) is 0. The first-order valence-corrected chi connectivity index (χ1v) is 6.19. The average Bonchev–Trinajstić information content (AvgIpc) is 2.21. The molecule has 0 spiro atoms. The van der Waals surface area contributed by atoms with Crippen LogP contribution in [0.4, 0.5) is 0 Å². The molecule has 0 saturated carbocycles. The summed E-state index contributed by atoms with van der Waals surface area (Å²) in [6, 6.07) is 0. The lowest BCUT2D eigenvalue weighted by Crippen LogP contribution is -1.78. The summed E-state index contributed by atoms with van der Waals surface area (Å²) in [5, 5.41) is 0. The van der Waals surface area contributed by atoms with Crippen molar-refractivity contribution < 1.29 is 0 Å². The molecule has 0 aromatic carbocycles. The number of hydrogen-bond acceptors (Lipinski definition) is 0. The molecule has 0 radical (unpaired) electrons. The maximum atomic E-state index is 2.27. The summed E-state index contributed by atoms with van der Waals surface area (Å²) in [5.41, 5.74) is 0. The van der Waals surface area contributed by atoms with E-state index in [0.717, 1.165) is 0 Å². The lowest BCUT2D eigenvalue weighted by atomic mass is 10.1. The summed E-state index contributed by atoms with van der Waals surface area (Å²) in [6.07, 6.45) is 19.7. The summed E-state index contributed by atoms with van der Waals surface area (Å²) >= 11 is 0. The molecular formula is C14H26. The standard InChI is InChI=1S/C14H26/c1-3-5-7-9-11-13-14-12-10-8-6-4-2/h3,5,7,9H,4,6,8,10-14H2,1-2H3/b5-3-,9-7-. The Hall–Kier alpha value is -0.520. The average molecular weight is 194 g/mol. The second-order valence-corrected chi connectivity index (χ2v) is 3.86. The Kier molecular flexibility index (Phi) is 12.0. The van der Waals surface area contributed by atoms with Gasteiger partial charge in [-0.1, -0.05) is 69.8 Å². The van der Waals surface area contributed by atoms with Crippen molar-refractivity contribution in [3.63, 3.8) is 0 Å². The van der Waals surface area contributed by atoms with Gasteiger partial charge >= 0.3 is 0 Å². The minimum Gasteiger partial charge on any atom is -0.0877 e. The van der Waals surface area contributed by atoms with E-state index in [0.29, 0.717) is 0 Å². The topological polar surface area (TPSA) is 0 Å². The molecular weight excluding hydrogens is 168 g/mol. The van der Waals surface area contributed by atoms with Gasteiger partial charge in [0.05, 0.1) is 0 Å². The smallest absolute Gasteiger partial charge is 0.0348 e. The summed E-state index contributed by atoms with van der Waals surface area (Å²) in [4.78, 5) is 0.